The third-order valence-corrected chi connectivity index (χ3v) is 3.93. The lowest BCUT2D eigenvalue weighted by Gasteiger charge is -2.26. The average Bonchev–Trinajstić information content (AvgIpc) is 2.67. The van der Waals surface area contributed by atoms with Gasteiger partial charge in [-0.25, -0.2) is 4.79 Å². The second-order valence-corrected chi connectivity index (χ2v) is 6.26. The molecule has 142 valence electrons. The zero-order valence-corrected chi connectivity index (χ0v) is 15.8. The SMILES string of the molecule is CCOC(=O)c1ccc(NC(=O)C(=O)N(Cc2ccccc2)C(C)C)cc1. The summed E-state index contributed by atoms with van der Waals surface area (Å²) in [4.78, 5) is 38.1. The Kier molecular flexibility index (Phi) is 7.11. The zero-order chi connectivity index (χ0) is 19.8. The largest absolute Gasteiger partial charge is 0.462 e. The van der Waals surface area contributed by atoms with Crippen LogP contribution in [0.1, 0.15) is 36.7 Å². The first-order chi connectivity index (χ1) is 12.9. The van der Waals surface area contributed by atoms with E-state index in [1.165, 1.54) is 4.90 Å². The van der Waals surface area contributed by atoms with Crippen LogP contribution in [0.4, 0.5) is 5.69 Å². The van der Waals surface area contributed by atoms with Crippen molar-refractivity contribution in [2.75, 3.05) is 11.9 Å². The number of carbonyl (C=O) groups is 3. The van der Waals surface area contributed by atoms with Crippen molar-refractivity contribution in [3.8, 4) is 0 Å². The second-order valence-electron chi connectivity index (χ2n) is 6.26. The van der Waals surface area contributed by atoms with Crippen LogP contribution < -0.4 is 5.32 Å². The smallest absolute Gasteiger partial charge is 0.338 e. The fraction of sp³-hybridized carbons (Fsp3) is 0.286. The van der Waals surface area contributed by atoms with Crippen molar-refractivity contribution in [1.29, 1.82) is 0 Å². The maximum Gasteiger partial charge on any atom is 0.338 e. The highest BCUT2D eigenvalue weighted by atomic mass is 16.5. The van der Waals surface area contributed by atoms with Crippen molar-refractivity contribution in [1.82, 2.24) is 4.90 Å². The lowest BCUT2D eigenvalue weighted by molar-refractivity contribution is -0.144. The van der Waals surface area contributed by atoms with Crippen molar-refractivity contribution in [2.45, 2.75) is 33.4 Å². The lowest BCUT2D eigenvalue weighted by atomic mass is 10.2. The van der Waals surface area contributed by atoms with E-state index < -0.39 is 17.8 Å². The van der Waals surface area contributed by atoms with Crippen LogP contribution in [0.25, 0.3) is 0 Å². The number of nitrogens with one attached hydrogen (secondary N) is 1. The van der Waals surface area contributed by atoms with E-state index in [1.807, 2.05) is 44.2 Å². The van der Waals surface area contributed by atoms with Gasteiger partial charge in [-0.2, -0.15) is 0 Å². The Morgan fingerprint density at radius 3 is 2.19 bits per heavy atom. The summed E-state index contributed by atoms with van der Waals surface area (Å²) in [5, 5.41) is 2.58. The first-order valence-corrected chi connectivity index (χ1v) is 8.85. The normalized spacial score (nSPS) is 10.4. The molecular weight excluding hydrogens is 344 g/mol. The third kappa shape index (κ3) is 5.67. The van der Waals surface area contributed by atoms with Crippen molar-refractivity contribution < 1.29 is 19.1 Å². The zero-order valence-electron chi connectivity index (χ0n) is 15.8. The topological polar surface area (TPSA) is 75.7 Å². The van der Waals surface area contributed by atoms with E-state index in [1.54, 1.807) is 31.2 Å². The Labute approximate surface area is 159 Å². The van der Waals surface area contributed by atoms with Gasteiger partial charge in [0.1, 0.15) is 0 Å². The molecule has 6 nitrogen and oxygen atoms in total. The predicted molar refractivity (Wildman–Crippen MR) is 103 cm³/mol. The summed E-state index contributed by atoms with van der Waals surface area (Å²) in [6.45, 7) is 6.10. The predicted octanol–water partition coefficient (Wildman–Crippen LogP) is 3.24. The number of ether oxygens (including phenoxy) is 1. The summed E-state index contributed by atoms with van der Waals surface area (Å²) in [7, 11) is 0. The highest BCUT2D eigenvalue weighted by molar-refractivity contribution is 6.39. The molecule has 6 heteroatoms. The molecule has 2 amide bonds. The van der Waals surface area contributed by atoms with E-state index >= 15 is 0 Å². The molecule has 27 heavy (non-hydrogen) atoms. The quantitative estimate of drug-likeness (QED) is 0.627. The monoisotopic (exact) mass is 368 g/mol. The summed E-state index contributed by atoms with van der Waals surface area (Å²) in [6, 6.07) is 15.6. The molecule has 0 aliphatic carbocycles. The molecule has 0 saturated carbocycles. The number of esters is 1. The number of rotatable bonds is 6. The summed E-state index contributed by atoms with van der Waals surface area (Å²) in [6.07, 6.45) is 0. The van der Waals surface area contributed by atoms with Gasteiger partial charge >= 0.3 is 17.8 Å². The van der Waals surface area contributed by atoms with Gasteiger partial charge in [0.15, 0.2) is 0 Å². The number of carbonyl (C=O) groups excluding carboxylic acids is 3. The van der Waals surface area contributed by atoms with E-state index in [9.17, 15) is 14.4 Å². The molecule has 2 aromatic rings. The Morgan fingerprint density at radius 1 is 1.00 bits per heavy atom. The van der Waals surface area contributed by atoms with Gasteiger partial charge in [-0.1, -0.05) is 30.3 Å². The standard InChI is InChI=1S/C21H24N2O4/c1-4-27-21(26)17-10-12-18(13-11-17)22-19(24)20(25)23(15(2)3)14-16-8-6-5-7-9-16/h5-13,15H,4,14H2,1-3H3,(H,22,24). The molecular formula is C21H24N2O4. The maximum absolute atomic E-state index is 12.6. The number of hydrogen-bond acceptors (Lipinski definition) is 4. The molecule has 2 rings (SSSR count). The molecule has 0 heterocycles. The van der Waals surface area contributed by atoms with E-state index in [4.69, 9.17) is 4.74 Å². The van der Waals surface area contributed by atoms with Crippen LogP contribution in [0.15, 0.2) is 54.6 Å². The average molecular weight is 368 g/mol. The number of hydrogen-bond donors (Lipinski definition) is 1. The summed E-state index contributed by atoms with van der Waals surface area (Å²) in [5.41, 5.74) is 1.77. The fourth-order valence-electron chi connectivity index (χ4n) is 2.49. The van der Waals surface area contributed by atoms with E-state index in [2.05, 4.69) is 5.32 Å². The van der Waals surface area contributed by atoms with Crippen molar-refractivity contribution in [3.05, 3.63) is 65.7 Å². The van der Waals surface area contributed by atoms with Crippen molar-refractivity contribution in [2.24, 2.45) is 0 Å². The molecule has 0 spiro atoms. The van der Waals surface area contributed by atoms with Gasteiger partial charge in [0.25, 0.3) is 0 Å². The summed E-state index contributed by atoms with van der Waals surface area (Å²) < 4.78 is 4.91. The minimum atomic E-state index is -0.719. The van der Waals surface area contributed by atoms with Crippen molar-refractivity contribution >= 4 is 23.5 Å². The van der Waals surface area contributed by atoms with Crippen LogP contribution in [-0.2, 0) is 20.9 Å². The highest BCUT2D eigenvalue weighted by Crippen LogP contribution is 2.13. The van der Waals surface area contributed by atoms with Gasteiger partial charge in [-0.05, 0) is 50.6 Å². The molecule has 0 radical (unpaired) electrons. The van der Waals surface area contributed by atoms with Crippen LogP contribution in [0, 0.1) is 0 Å². The number of nitrogens with zero attached hydrogens (tertiary/aromatic N) is 1. The van der Waals surface area contributed by atoms with E-state index in [0.717, 1.165) is 5.56 Å². The summed E-state index contributed by atoms with van der Waals surface area (Å²) in [5.74, 6) is -1.76. The van der Waals surface area contributed by atoms with E-state index in [0.29, 0.717) is 17.8 Å². The van der Waals surface area contributed by atoms with Crippen LogP contribution in [0.2, 0.25) is 0 Å². The Bertz CT molecular complexity index is 786. The number of amides is 2. The Morgan fingerprint density at radius 2 is 1.63 bits per heavy atom. The Balaban J connectivity index is 2.04. The maximum atomic E-state index is 12.6. The molecule has 0 aliphatic heterocycles. The van der Waals surface area contributed by atoms with Gasteiger partial charge in [-0.15, -0.1) is 0 Å². The minimum absolute atomic E-state index is 0.130. The molecule has 0 atom stereocenters. The van der Waals surface area contributed by atoms with Gasteiger partial charge in [0.2, 0.25) is 0 Å². The fourth-order valence-corrected chi connectivity index (χ4v) is 2.49. The molecule has 0 bridgehead atoms. The van der Waals surface area contributed by atoms with E-state index in [-0.39, 0.29) is 12.6 Å². The Hall–Kier alpha value is -3.15. The summed E-state index contributed by atoms with van der Waals surface area (Å²) >= 11 is 0. The first kappa shape index (κ1) is 20.2. The van der Waals surface area contributed by atoms with Gasteiger partial charge in [0.05, 0.1) is 12.2 Å². The minimum Gasteiger partial charge on any atom is -0.462 e. The molecule has 0 aromatic heterocycles. The van der Waals surface area contributed by atoms with Crippen LogP contribution >= 0.6 is 0 Å². The molecule has 1 N–H and O–H groups in total. The molecule has 2 aromatic carbocycles. The molecule has 0 aliphatic rings. The van der Waals surface area contributed by atoms with Gasteiger partial charge in [0, 0.05) is 18.3 Å². The third-order valence-electron chi connectivity index (χ3n) is 3.93. The van der Waals surface area contributed by atoms with Gasteiger partial charge in [-0.3, -0.25) is 9.59 Å². The molecule has 0 saturated heterocycles. The highest BCUT2D eigenvalue weighted by Gasteiger charge is 2.24. The number of benzene rings is 2. The van der Waals surface area contributed by atoms with Crippen LogP contribution in [0.3, 0.4) is 0 Å². The lowest BCUT2D eigenvalue weighted by Crippen LogP contribution is -2.43. The molecule has 0 fully saturated rings. The van der Waals surface area contributed by atoms with Gasteiger partial charge < -0.3 is 15.0 Å². The molecule has 0 unspecified atom stereocenters. The van der Waals surface area contributed by atoms with Crippen LogP contribution in [-0.4, -0.2) is 35.3 Å². The second kappa shape index (κ2) is 9.52. The van der Waals surface area contributed by atoms with Crippen molar-refractivity contribution in [3.63, 3.8) is 0 Å². The number of anilines is 1. The van der Waals surface area contributed by atoms with Crippen LogP contribution in [0.5, 0.6) is 0 Å². The first-order valence-electron chi connectivity index (χ1n) is 8.85.